The first-order valence-electron chi connectivity index (χ1n) is 7.77. The Labute approximate surface area is 144 Å². The van der Waals surface area contributed by atoms with Gasteiger partial charge in [0, 0.05) is 17.4 Å². The summed E-state index contributed by atoms with van der Waals surface area (Å²) in [6, 6.07) is 10.9. The van der Waals surface area contributed by atoms with E-state index in [4.69, 9.17) is 4.74 Å². The highest BCUT2D eigenvalue weighted by atomic mass is 32.2. The maximum Gasteiger partial charge on any atom is 0.262 e. The van der Waals surface area contributed by atoms with Crippen molar-refractivity contribution in [1.82, 2.24) is 0 Å². The van der Waals surface area contributed by atoms with Crippen LogP contribution in [-0.4, -0.2) is 21.6 Å². The van der Waals surface area contributed by atoms with E-state index in [1.165, 1.54) is 0 Å². The van der Waals surface area contributed by atoms with Gasteiger partial charge in [0.05, 0.1) is 12.0 Å². The molecular formula is C18H24N2O3S. The molecule has 0 aromatic heterocycles. The van der Waals surface area contributed by atoms with Crippen LogP contribution >= 0.6 is 0 Å². The van der Waals surface area contributed by atoms with Crippen LogP contribution in [-0.2, 0) is 10.0 Å². The second-order valence-electron chi connectivity index (χ2n) is 6.07. The van der Waals surface area contributed by atoms with Crippen molar-refractivity contribution >= 4 is 21.4 Å². The van der Waals surface area contributed by atoms with Crippen molar-refractivity contribution < 1.29 is 13.2 Å². The summed E-state index contributed by atoms with van der Waals surface area (Å²) in [4.78, 5) is 0.255. The Bertz CT molecular complexity index is 813. The number of ether oxygens (including phenoxy) is 1. The van der Waals surface area contributed by atoms with E-state index in [0.717, 1.165) is 11.3 Å². The van der Waals surface area contributed by atoms with Crippen molar-refractivity contribution in [3.05, 3.63) is 47.5 Å². The van der Waals surface area contributed by atoms with Crippen molar-refractivity contribution in [2.24, 2.45) is 0 Å². The number of anilines is 2. The number of nitrogens with one attached hydrogen (secondary N) is 2. The number of hydrogen-bond donors (Lipinski definition) is 2. The van der Waals surface area contributed by atoms with Gasteiger partial charge >= 0.3 is 0 Å². The molecule has 0 unspecified atom stereocenters. The van der Waals surface area contributed by atoms with Crippen molar-refractivity contribution in [1.29, 1.82) is 0 Å². The minimum absolute atomic E-state index is 0.255. The fraction of sp³-hybridized carbons (Fsp3) is 0.333. The van der Waals surface area contributed by atoms with Gasteiger partial charge in [0.1, 0.15) is 5.75 Å². The number of methoxy groups -OCH3 is 1. The van der Waals surface area contributed by atoms with E-state index in [9.17, 15) is 8.42 Å². The average Bonchev–Trinajstić information content (AvgIpc) is 2.50. The Morgan fingerprint density at radius 1 is 0.958 bits per heavy atom. The van der Waals surface area contributed by atoms with Crippen LogP contribution in [0.4, 0.5) is 11.4 Å². The molecule has 24 heavy (non-hydrogen) atoms. The van der Waals surface area contributed by atoms with Crippen LogP contribution in [0.5, 0.6) is 5.75 Å². The second-order valence-corrected chi connectivity index (χ2v) is 7.72. The third-order valence-corrected chi connectivity index (χ3v) is 5.10. The van der Waals surface area contributed by atoms with Crippen molar-refractivity contribution in [3.63, 3.8) is 0 Å². The van der Waals surface area contributed by atoms with E-state index >= 15 is 0 Å². The van der Waals surface area contributed by atoms with Gasteiger partial charge in [-0.15, -0.1) is 0 Å². The number of rotatable bonds is 6. The van der Waals surface area contributed by atoms with Crippen LogP contribution in [0.1, 0.15) is 25.0 Å². The van der Waals surface area contributed by atoms with Crippen LogP contribution < -0.4 is 14.8 Å². The molecule has 0 saturated carbocycles. The maximum atomic E-state index is 12.7. The first kappa shape index (κ1) is 18.1. The van der Waals surface area contributed by atoms with Crippen LogP contribution in [0.25, 0.3) is 0 Å². The van der Waals surface area contributed by atoms with Gasteiger partial charge in [0.15, 0.2) is 0 Å². The van der Waals surface area contributed by atoms with E-state index < -0.39 is 10.0 Å². The standard InChI is InChI=1S/C18H24N2O3S/c1-12(2)19-15-6-8-16(9-7-15)20-24(21,22)18-11-13(3)17(23-5)10-14(18)4/h6-12,19-20H,1-5H3. The molecule has 0 aliphatic carbocycles. The topological polar surface area (TPSA) is 67.4 Å². The molecule has 5 nitrogen and oxygen atoms in total. The number of benzene rings is 2. The molecule has 0 aliphatic rings. The molecule has 0 fully saturated rings. The normalized spacial score (nSPS) is 11.4. The molecule has 0 radical (unpaired) electrons. The minimum atomic E-state index is -3.65. The number of sulfonamides is 1. The molecule has 0 amide bonds. The van der Waals surface area contributed by atoms with E-state index in [0.29, 0.717) is 23.0 Å². The quantitative estimate of drug-likeness (QED) is 0.830. The first-order chi connectivity index (χ1) is 11.2. The summed E-state index contributed by atoms with van der Waals surface area (Å²) < 4.78 is 33.2. The van der Waals surface area contributed by atoms with Gasteiger partial charge in [0.2, 0.25) is 0 Å². The van der Waals surface area contributed by atoms with E-state index in [1.54, 1.807) is 38.3 Å². The van der Waals surface area contributed by atoms with Gasteiger partial charge in [-0.1, -0.05) is 0 Å². The summed E-state index contributed by atoms with van der Waals surface area (Å²) in [5.74, 6) is 0.676. The Balaban J connectivity index is 2.27. The molecule has 2 N–H and O–H groups in total. The van der Waals surface area contributed by atoms with Crippen LogP contribution in [0, 0.1) is 13.8 Å². The van der Waals surface area contributed by atoms with Gasteiger partial charge in [-0.25, -0.2) is 8.42 Å². The van der Waals surface area contributed by atoms with Crippen molar-refractivity contribution in [2.75, 3.05) is 17.1 Å². The highest BCUT2D eigenvalue weighted by Crippen LogP contribution is 2.27. The highest BCUT2D eigenvalue weighted by molar-refractivity contribution is 7.92. The van der Waals surface area contributed by atoms with Gasteiger partial charge in [0.25, 0.3) is 10.0 Å². The van der Waals surface area contributed by atoms with Crippen molar-refractivity contribution in [3.8, 4) is 5.75 Å². The molecule has 0 bridgehead atoms. The third-order valence-electron chi connectivity index (χ3n) is 3.57. The molecule has 130 valence electrons. The minimum Gasteiger partial charge on any atom is -0.496 e. The lowest BCUT2D eigenvalue weighted by Gasteiger charge is -2.14. The Morgan fingerprint density at radius 3 is 2.08 bits per heavy atom. The van der Waals surface area contributed by atoms with Gasteiger partial charge < -0.3 is 10.1 Å². The average molecular weight is 348 g/mol. The zero-order valence-corrected chi connectivity index (χ0v) is 15.5. The molecule has 0 saturated heterocycles. The highest BCUT2D eigenvalue weighted by Gasteiger charge is 2.19. The zero-order chi connectivity index (χ0) is 17.9. The van der Waals surface area contributed by atoms with Gasteiger partial charge in [-0.05, 0) is 75.2 Å². The molecule has 0 spiro atoms. The lowest BCUT2D eigenvalue weighted by Crippen LogP contribution is -2.15. The fourth-order valence-electron chi connectivity index (χ4n) is 2.45. The fourth-order valence-corrected chi connectivity index (χ4v) is 3.82. The first-order valence-corrected chi connectivity index (χ1v) is 9.26. The van der Waals surface area contributed by atoms with Crippen molar-refractivity contribution in [2.45, 2.75) is 38.6 Å². The second kappa shape index (κ2) is 7.13. The lowest BCUT2D eigenvalue weighted by atomic mass is 10.1. The summed E-state index contributed by atoms with van der Waals surface area (Å²) in [5.41, 5.74) is 2.89. The third kappa shape index (κ3) is 4.20. The summed E-state index contributed by atoms with van der Waals surface area (Å²) in [5, 5.41) is 3.26. The molecule has 0 aliphatic heterocycles. The summed E-state index contributed by atoms with van der Waals surface area (Å²) in [6.45, 7) is 7.67. The van der Waals surface area contributed by atoms with Gasteiger partial charge in [-0.2, -0.15) is 0 Å². The Morgan fingerprint density at radius 2 is 1.54 bits per heavy atom. The zero-order valence-electron chi connectivity index (χ0n) is 14.7. The number of hydrogen-bond acceptors (Lipinski definition) is 4. The molecule has 6 heteroatoms. The molecular weight excluding hydrogens is 324 g/mol. The summed E-state index contributed by atoms with van der Waals surface area (Å²) in [7, 11) is -2.08. The molecule has 2 aromatic carbocycles. The van der Waals surface area contributed by atoms with E-state index in [1.807, 2.05) is 32.9 Å². The van der Waals surface area contributed by atoms with E-state index in [2.05, 4.69) is 10.0 Å². The van der Waals surface area contributed by atoms with Crippen LogP contribution in [0.15, 0.2) is 41.3 Å². The Hall–Kier alpha value is -2.21. The molecule has 0 heterocycles. The predicted molar refractivity (Wildman–Crippen MR) is 98.5 cm³/mol. The Kier molecular flexibility index (Phi) is 5.39. The van der Waals surface area contributed by atoms with Crippen LogP contribution in [0.2, 0.25) is 0 Å². The van der Waals surface area contributed by atoms with E-state index in [-0.39, 0.29) is 4.90 Å². The predicted octanol–water partition coefficient (Wildman–Crippen LogP) is 3.93. The summed E-state index contributed by atoms with van der Waals surface area (Å²) in [6.07, 6.45) is 0. The monoisotopic (exact) mass is 348 g/mol. The van der Waals surface area contributed by atoms with Crippen LogP contribution in [0.3, 0.4) is 0 Å². The molecule has 2 rings (SSSR count). The SMILES string of the molecule is COc1cc(C)c(S(=O)(=O)Nc2ccc(NC(C)C)cc2)cc1C. The smallest absolute Gasteiger partial charge is 0.262 e. The maximum absolute atomic E-state index is 12.7. The molecule has 2 aromatic rings. The summed E-state index contributed by atoms with van der Waals surface area (Å²) >= 11 is 0. The molecule has 0 atom stereocenters. The lowest BCUT2D eigenvalue weighted by molar-refractivity contribution is 0.411. The largest absolute Gasteiger partial charge is 0.496 e. The number of aryl methyl sites for hydroxylation is 2. The van der Waals surface area contributed by atoms with Gasteiger partial charge in [-0.3, -0.25) is 4.72 Å².